The number of fused-ring (bicyclic) bond motifs is 2. The largest absolute Gasteiger partial charge is 0.497 e. The maximum Gasteiger partial charge on any atom is 0.119 e. The molecule has 3 aliphatic rings. The molecule has 2 aromatic rings. The van der Waals surface area contributed by atoms with E-state index in [9.17, 15) is 0 Å². The molecule has 5 unspecified atom stereocenters. The molecule has 1 aliphatic carbocycles. The van der Waals surface area contributed by atoms with Crippen molar-refractivity contribution in [3.05, 3.63) is 94.7 Å². The van der Waals surface area contributed by atoms with Gasteiger partial charge in [0.2, 0.25) is 0 Å². The van der Waals surface area contributed by atoms with E-state index in [1.807, 2.05) is 7.05 Å². The summed E-state index contributed by atoms with van der Waals surface area (Å²) in [6.07, 6.45) is 17.9. The average Bonchev–Trinajstić information content (AvgIpc) is 3.77. The molecule has 0 radical (unpaired) electrons. The van der Waals surface area contributed by atoms with E-state index in [4.69, 9.17) is 23.7 Å². The molecule has 60 heavy (non-hydrogen) atoms. The van der Waals surface area contributed by atoms with Gasteiger partial charge in [-0.15, -0.1) is 0 Å². The van der Waals surface area contributed by atoms with Gasteiger partial charge in [-0.05, 0) is 116 Å². The number of hydrogen-bond donors (Lipinski definition) is 1. The quantitative estimate of drug-likeness (QED) is 0.0805. The monoisotopic (exact) mass is 826 g/mol. The number of benzene rings is 2. The fourth-order valence-electron chi connectivity index (χ4n) is 10.1. The second-order valence-corrected chi connectivity index (χ2v) is 19.3. The Hall–Kier alpha value is -3.72. The van der Waals surface area contributed by atoms with E-state index in [2.05, 4.69) is 144 Å². The molecule has 0 aromatic heterocycles. The Bertz CT molecular complexity index is 1850. The number of nitrogens with one attached hydrogen (secondary N) is 1. The minimum Gasteiger partial charge on any atom is -0.497 e. The molecule has 5 atom stereocenters. The van der Waals surface area contributed by atoms with Crippen molar-refractivity contribution in [1.29, 1.82) is 0 Å². The molecule has 5 rings (SSSR count). The van der Waals surface area contributed by atoms with Crippen LogP contribution in [0.5, 0.6) is 11.5 Å². The second kappa shape index (κ2) is 20.4. The molecular formula is C52H79N3O5. The highest BCUT2D eigenvalue weighted by molar-refractivity contribution is 5.68. The van der Waals surface area contributed by atoms with E-state index in [1.165, 1.54) is 33.6 Å². The van der Waals surface area contributed by atoms with Crippen molar-refractivity contribution in [3.63, 3.8) is 0 Å². The van der Waals surface area contributed by atoms with Crippen LogP contribution in [0.25, 0.3) is 0 Å². The Morgan fingerprint density at radius 3 is 1.98 bits per heavy atom. The number of nitrogens with zero attached hydrogens (tertiary/aromatic N) is 2. The predicted molar refractivity (Wildman–Crippen MR) is 251 cm³/mol. The predicted octanol–water partition coefficient (Wildman–Crippen LogP) is 11.0. The van der Waals surface area contributed by atoms with Crippen LogP contribution in [0.15, 0.2) is 83.6 Å². The molecule has 1 fully saturated rings. The summed E-state index contributed by atoms with van der Waals surface area (Å²) in [7, 11) is 9.10. The summed E-state index contributed by atoms with van der Waals surface area (Å²) < 4.78 is 30.2. The third-order valence-corrected chi connectivity index (χ3v) is 13.4. The van der Waals surface area contributed by atoms with E-state index in [1.54, 1.807) is 28.4 Å². The van der Waals surface area contributed by atoms with Gasteiger partial charge in [0.15, 0.2) is 0 Å². The molecule has 0 saturated heterocycles. The number of allylic oxidation sites excluding steroid dienone is 2. The van der Waals surface area contributed by atoms with Gasteiger partial charge in [0.25, 0.3) is 0 Å². The molecule has 332 valence electrons. The normalized spacial score (nSPS) is 23.7. The van der Waals surface area contributed by atoms with Crippen LogP contribution in [0.3, 0.4) is 0 Å². The topological polar surface area (TPSA) is 64.7 Å². The van der Waals surface area contributed by atoms with E-state index in [0.29, 0.717) is 0 Å². The Kier molecular flexibility index (Phi) is 16.1. The Morgan fingerprint density at radius 2 is 1.43 bits per heavy atom. The summed E-state index contributed by atoms with van der Waals surface area (Å²) in [5, 5.41) is 3.37. The van der Waals surface area contributed by atoms with E-state index in [-0.39, 0.29) is 46.5 Å². The molecule has 1 N–H and O–H groups in total. The molecule has 2 heterocycles. The Labute approximate surface area is 364 Å². The summed E-state index contributed by atoms with van der Waals surface area (Å²) in [4.78, 5) is 5.22. The van der Waals surface area contributed by atoms with Crippen LogP contribution in [0.1, 0.15) is 112 Å². The van der Waals surface area contributed by atoms with Gasteiger partial charge in [0.1, 0.15) is 11.5 Å². The van der Waals surface area contributed by atoms with Gasteiger partial charge in [-0.3, -0.25) is 0 Å². The zero-order chi connectivity index (χ0) is 43.8. The lowest BCUT2D eigenvalue weighted by atomic mass is 9.78. The lowest BCUT2D eigenvalue weighted by molar-refractivity contribution is -0.0367. The minimum absolute atomic E-state index is 0.0584. The molecule has 0 bridgehead atoms. The highest BCUT2D eigenvalue weighted by Gasteiger charge is 2.46. The third-order valence-electron chi connectivity index (χ3n) is 13.4. The lowest BCUT2D eigenvalue weighted by Gasteiger charge is -2.37. The summed E-state index contributed by atoms with van der Waals surface area (Å²) >= 11 is 0. The third kappa shape index (κ3) is 10.3. The first-order valence-electron chi connectivity index (χ1n) is 22.5. The Morgan fingerprint density at radius 1 is 0.850 bits per heavy atom. The minimum atomic E-state index is -0.133. The van der Waals surface area contributed by atoms with Gasteiger partial charge < -0.3 is 38.8 Å². The molecule has 1 saturated carbocycles. The van der Waals surface area contributed by atoms with Crippen LogP contribution in [-0.4, -0.2) is 86.1 Å². The maximum atomic E-state index is 7.64. The van der Waals surface area contributed by atoms with Gasteiger partial charge in [-0.1, -0.05) is 79.7 Å². The molecule has 0 spiro atoms. The molecule has 2 aromatic carbocycles. The first-order chi connectivity index (χ1) is 28.6. The van der Waals surface area contributed by atoms with Gasteiger partial charge in [0.05, 0.1) is 32.5 Å². The van der Waals surface area contributed by atoms with Crippen LogP contribution in [0, 0.1) is 11.3 Å². The number of ether oxygens (including phenoxy) is 5. The van der Waals surface area contributed by atoms with Crippen molar-refractivity contribution in [2.45, 2.75) is 136 Å². The van der Waals surface area contributed by atoms with Gasteiger partial charge >= 0.3 is 0 Å². The smallest absolute Gasteiger partial charge is 0.119 e. The molecule has 0 amide bonds. The number of anilines is 2. The zero-order valence-corrected chi connectivity index (χ0v) is 39.7. The van der Waals surface area contributed by atoms with Crippen LogP contribution >= 0.6 is 0 Å². The first kappa shape index (κ1) is 47.3. The van der Waals surface area contributed by atoms with Crippen molar-refractivity contribution in [2.75, 3.05) is 71.6 Å². The number of rotatable bonds is 20. The van der Waals surface area contributed by atoms with Gasteiger partial charge in [0, 0.05) is 87.4 Å². The molecular weight excluding hydrogens is 747 g/mol. The summed E-state index contributed by atoms with van der Waals surface area (Å²) in [5.74, 6) is 2.04. The lowest BCUT2D eigenvalue weighted by Crippen LogP contribution is -2.42. The fraction of sp³-hybridized carbons (Fsp3) is 0.615. The highest BCUT2D eigenvalue weighted by Crippen LogP contribution is 2.50. The van der Waals surface area contributed by atoms with E-state index < -0.39 is 0 Å². The van der Waals surface area contributed by atoms with Crippen LogP contribution in [0.2, 0.25) is 0 Å². The summed E-state index contributed by atoms with van der Waals surface area (Å²) in [5.41, 5.74) is 8.72. The fourth-order valence-corrected chi connectivity index (χ4v) is 10.1. The Balaban J connectivity index is 1.56. The zero-order valence-electron chi connectivity index (χ0n) is 39.7. The second-order valence-electron chi connectivity index (χ2n) is 19.3. The maximum absolute atomic E-state index is 7.64. The summed E-state index contributed by atoms with van der Waals surface area (Å²) in [6.45, 7) is 24.2. The SMILES string of the molecule is CC/C=C(\C=C(\C)NC)C(OC1/C(=C/CC2N(CCCOC)c3ccc(OC)cc3C2(C)C)CCC1/C=C/C1N(CCCOC)c2ccc(OC)cc2C1(C)C)C(C)(C)C. The standard InChI is InChI=1S/C52H79N3O5/c1-15-18-39(33-36(2)53-10)49(50(3,4)5)60-48-37(21-27-46-51(6,7)42-34-40(58-13)23-25-44(42)54(46)29-16-31-56-11)19-20-38(48)22-28-47-52(8,9)43-35-41(59-14)24-26-45(43)55(47)30-17-32-57-12/h18,21-27,33-35,37,46-49,53H,15-17,19-20,28-32H2,1-14H3/b27-21+,36-33-,38-22+,39-18+. The van der Waals surface area contributed by atoms with Crippen molar-refractivity contribution in [2.24, 2.45) is 11.3 Å². The van der Waals surface area contributed by atoms with Crippen molar-refractivity contribution < 1.29 is 23.7 Å². The van der Waals surface area contributed by atoms with Crippen LogP contribution in [0.4, 0.5) is 11.4 Å². The summed E-state index contributed by atoms with van der Waals surface area (Å²) in [6, 6.07) is 13.7. The molecule has 8 nitrogen and oxygen atoms in total. The van der Waals surface area contributed by atoms with Crippen LogP contribution < -0.4 is 24.6 Å². The van der Waals surface area contributed by atoms with Crippen molar-refractivity contribution in [3.8, 4) is 11.5 Å². The van der Waals surface area contributed by atoms with E-state index in [0.717, 1.165) is 82.0 Å². The van der Waals surface area contributed by atoms with E-state index >= 15 is 0 Å². The van der Waals surface area contributed by atoms with Crippen molar-refractivity contribution >= 4 is 11.4 Å². The van der Waals surface area contributed by atoms with Gasteiger partial charge in [-0.25, -0.2) is 0 Å². The average molecular weight is 826 g/mol. The molecule has 8 heteroatoms. The number of methoxy groups -OCH3 is 4. The number of hydrogen-bond acceptors (Lipinski definition) is 8. The van der Waals surface area contributed by atoms with Gasteiger partial charge in [-0.2, -0.15) is 0 Å². The highest BCUT2D eigenvalue weighted by atomic mass is 16.5. The first-order valence-corrected chi connectivity index (χ1v) is 22.5. The molecule has 2 aliphatic heterocycles. The van der Waals surface area contributed by atoms with Crippen LogP contribution in [-0.2, 0) is 25.0 Å². The van der Waals surface area contributed by atoms with Crippen molar-refractivity contribution in [1.82, 2.24) is 5.32 Å².